The van der Waals surface area contributed by atoms with Gasteiger partial charge in [0, 0.05) is 21.8 Å². The fourth-order valence-electron chi connectivity index (χ4n) is 2.79. The molecule has 0 aliphatic heterocycles. The SMILES string of the molecule is CC(C)C(NC1CCc2sc(Cl)cc21)c1cccs1. The van der Waals surface area contributed by atoms with Gasteiger partial charge in [-0.3, -0.25) is 0 Å². The fraction of sp³-hybridized carbons (Fsp3) is 0.467. The maximum Gasteiger partial charge on any atom is 0.0934 e. The van der Waals surface area contributed by atoms with Gasteiger partial charge in [-0.25, -0.2) is 0 Å². The number of fused-ring (bicyclic) bond motifs is 1. The number of thiophene rings is 2. The molecule has 0 amide bonds. The van der Waals surface area contributed by atoms with E-state index in [0.29, 0.717) is 18.0 Å². The Labute approximate surface area is 127 Å². The minimum Gasteiger partial charge on any atom is -0.302 e. The molecule has 0 radical (unpaired) electrons. The molecule has 2 aromatic rings. The Balaban J connectivity index is 1.80. The highest BCUT2D eigenvalue weighted by Crippen LogP contribution is 2.41. The van der Waals surface area contributed by atoms with Crippen LogP contribution in [-0.2, 0) is 6.42 Å². The lowest BCUT2D eigenvalue weighted by Crippen LogP contribution is -2.28. The van der Waals surface area contributed by atoms with E-state index in [4.69, 9.17) is 11.6 Å². The van der Waals surface area contributed by atoms with E-state index in [1.165, 1.54) is 28.2 Å². The number of rotatable bonds is 4. The van der Waals surface area contributed by atoms with E-state index in [2.05, 4.69) is 42.7 Å². The van der Waals surface area contributed by atoms with Crippen molar-refractivity contribution in [2.45, 2.75) is 38.8 Å². The number of nitrogens with one attached hydrogen (secondary N) is 1. The van der Waals surface area contributed by atoms with Crippen LogP contribution in [0, 0.1) is 5.92 Å². The molecular weight excluding hydrogens is 294 g/mol. The summed E-state index contributed by atoms with van der Waals surface area (Å²) in [4.78, 5) is 2.90. The molecule has 0 bridgehead atoms. The number of hydrogen-bond donors (Lipinski definition) is 1. The van der Waals surface area contributed by atoms with Crippen molar-refractivity contribution in [2.24, 2.45) is 5.92 Å². The lowest BCUT2D eigenvalue weighted by atomic mass is 10.0. The van der Waals surface area contributed by atoms with Crippen LogP contribution < -0.4 is 5.32 Å². The molecule has 3 rings (SSSR count). The first-order valence-corrected chi connectivity index (χ1v) is 8.80. The Bertz CT molecular complexity index is 545. The van der Waals surface area contributed by atoms with Crippen LogP contribution in [-0.4, -0.2) is 0 Å². The summed E-state index contributed by atoms with van der Waals surface area (Å²) >= 11 is 9.72. The van der Waals surface area contributed by atoms with Gasteiger partial charge in [-0.1, -0.05) is 31.5 Å². The third kappa shape index (κ3) is 2.75. The highest BCUT2D eigenvalue weighted by molar-refractivity contribution is 7.16. The Kier molecular flexibility index (Phi) is 3.99. The van der Waals surface area contributed by atoms with Crippen molar-refractivity contribution in [3.05, 3.63) is 43.2 Å². The molecule has 1 aliphatic carbocycles. The van der Waals surface area contributed by atoms with Crippen molar-refractivity contribution in [1.82, 2.24) is 5.32 Å². The van der Waals surface area contributed by atoms with Crippen LogP contribution in [0.15, 0.2) is 23.6 Å². The molecule has 1 N–H and O–H groups in total. The molecular formula is C15H18ClNS2. The Morgan fingerprint density at radius 3 is 2.95 bits per heavy atom. The third-order valence-corrected chi connectivity index (χ3v) is 6.04. The summed E-state index contributed by atoms with van der Waals surface area (Å²) in [5.74, 6) is 0.594. The molecule has 0 fully saturated rings. The van der Waals surface area contributed by atoms with Crippen LogP contribution in [0.5, 0.6) is 0 Å². The Morgan fingerprint density at radius 1 is 1.42 bits per heavy atom. The molecule has 2 aromatic heterocycles. The zero-order valence-corrected chi connectivity index (χ0v) is 13.5. The van der Waals surface area contributed by atoms with E-state index in [1.54, 1.807) is 11.3 Å². The topological polar surface area (TPSA) is 12.0 Å². The first-order chi connectivity index (χ1) is 9.15. The van der Waals surface area contributed by atoms with E-state index in [9.17, 15) is 0 Å². The zero-order chi connectivity index (χ0) is 13.4. The molecule has 19 heavy (non-hydrogen) atoms. The van der Waals surface area contributed by atoms with Crippen molar-refractivity contribution in [1.29, 1.82) is 0 Å². The lowest BCUT2D eigenvalue weighted by Gasteiger charge is -2.25. The molecule has 1 aliphatic rings. The van der Waals surface area contributed by atoms with Crippen molar-refractivity contribution in [2.75, 3.05) is 0 Å². The van der Waals surface area contributed by atoms with Gasteiger partial charge in [-0.05, 0) is 41.8 Å². The Hall–Kier alpha value is -0.350. The number of halogens is 1. The zero-order valence-electron chi connectivity index (χ0n) is 11.2. The summed E-state index contributed by atoms with van der Waals surface area (Å²) in [7, 11) is 0. The van der Waals surface area contributed by atoms with Crippen LogP contribution in [0.3, 0.4) is 0 Å². The van der Waals surface area contributed by atoms with Crippen molar-refractivity contribution < 1.29 is 0 Å². The summed E-state index contributed by atoms with van der Waals surface area (Å²) in [5.41, 5.74) is 1.43. The molecule has 2 unspecified atom stereocenters. The summed E-state index contributed by atoms with van der Waals surface area (Å²) in [6.07, 6.45) is 2.37. The second kappa shape index (κ2) is 5.57. The summed E-state index contributed by atoms with van der Waals surface area (Å²) in [6.45, 7) is 4.57. The van der Waals surface area contributed by atoms with Crippen molar-refractivity contribution >= 4 is 34.3 Å². The van der Waals surface area contributed by atoms with Gasteiger partial charge in [0.25, 0.3) is 0 Å². The maximum absolute atomic E-state index is 6.14. The molecule has 2 atom stereocenters. The first kappa shape index (κ1) is 13.6. The molecule has 0 saturated carbocycles. The summed E-state index contributed by atoms with van der Waals surface area (Å²) < 4.78 is 0.925. The Morgan fingerprint density at radius 2 is 2.26 bits per heavy atom. The van der Waals surface area contributed by atoms with E-state index in [1.807, 2.05) is 11.3 Å². The summed E-state index contributed by atoms with van der Waals surface area (Å²) in [5, 5.41) is 6.01. The standard InChI is InChI=1S/C15H18ClNS2/c1-9(2)15(13-4-3-7-18-13)17-11-5-6-12-10(11)8-14(16)19-12/h3-4,7-9,11,15,17H,5-6H2,1-2H3. The lowest BCUT2D eigenvalue weighted by molar-refractivity contribution is 0.366. The molecule has 102 valence electrons. The largest absolute Gasteiger partial charge is 0.302 e. The molecule has 0 aromatic carbocycles. The minimum atomic E-state index is 0.439. The smallest absolute Gasteiger partial charge is 0.0934 e. The van der Waals surface area contributed by atoms with Crippen LogP contribution >= 0.6 is 34.3 Å². The van der Waals surface area contributed by atoms with Gasteiger partial charge in [-0.2, -0.15) is 0 Å². The van der Waals surface area contributed by atoms with Gasteiger partial charge in [0.15, 0.2) is 0 Å². The molecule has 4 heteroatoms. The van der Waals surface area contributed by atoms with Crippen LogP contribution in [0.2, 0.25) is 4.34 Å². The average molecular weight is 312 g/mol. The van der Waals surface area contributed by atoms with Crippen molar-refractivity contribution in [3.63, 3.8) is 0 Å². The molecule has 0 saturated heterocycles. The van der Waals surface area contributed by atoms with Gasteiger partial charge in [0.1, 0.15) is 0 Å². The molecule has 1 nitrogen and oxygen atoms in total. The van der Waals surface area contributed by atoms with E-state index < -0.39 is 0 Å². The van der Waals surface area contributed by atoms with E-state index >= 15 is 0 Å². The van der Waals surface area contributed by atoms with Crippen LogP contribution in [0.25, 0.3) is 0 Å². The minimum absolute atomic E-state index is 0.439. The number of aryl methyl sites for hydroxylation is 1. The van der Waals surface area contributed by atoms with Gasteiger partial charge < -0.3 is 5.32 Å². The van der Waals surface area contributed by atoms with Crippen LogP contribution in [0.1, 0.15) is 47.7 Å². The van der Waals surface area contributed by atoms with E-state index in [0.717, 1.165) is 4.34 Å². The second-order valence-corrected chi connectivity index (χ2v) is 8.17. The first-order valence-electron chi connectivity index (χ1n) is 6.72. The highest BCUT2D eigenvalue weighted by atomic mass is 35.5. The van der Waals surface area contributed by atoms with Gasteiger partial charge in [-0.15, -0.1) is 22.7 Å². The van der Waals surface area contributed by atoms with Crippen molar-refractivity contribution in [3.8, 4) is 0 Å². The second-order valence-electron chi connectivity index (χ2n) is 5.42. The predicted molar refractivity (Wildman–Crippen MR) is 85.4 cm³/mol. The normalized spacial score (nSPS) is 19.9. The molecule has 2 heterocycles. The highest BCUT2D eigenvalue weighted by Gasteiger charge is 2.28. The van der Waals surface area contributed by atoms with Gasteiger partial charge in [0.2, 0.25) is 0 Å². The van der Waals surface area contributed by atoms with Crippen LogP contribution in [0.4, 0.5) is 0 Å². The number of hydrogen-bond acceptors (Lipinski definition) is 3. The van der Waals surface area contributed by atoms with Gasteiger partial charge in [0.05, 0.1) is 4.34 Å². The molecule has 0 spiro atoms. The monoisotopic (exact) mass is 311 g/mol. The van der Waals surface area contributed by atoms with E-state index in [-0.39, 0.29) is 0 Å². The average Bonchev–Trinajstić information content (AvgIpc) is 3.02. The van der Waals surface area contributed by atoms with Gasteiger partial charge >= 0.3 is 0 Å². The fourth-order valence-corrected chi connectivity index (χ4v) is 5.11. The summed E-state index contributed by atoms with van der Waals surface area (Å²) in [6, 6.07) is 7.43. The third-order valence-electron chi connectivity index (χ3n) is 3.74. The predicted octanol–water partition coefficient (Wildman–Crippen LogP) is 5.44. The maximum atomic E-state index is 6.14. The quantitative estimate of drug-likeness (QED) is 0.793.